The predicted octanol–water partition coefficient (Wildman–Crippen LogP) is 2.55. The Bertz CT molecular complexity index is 528. The molecule has 25 heavy (non-hydrogen) atoms. The molecule has 0 spiro atoms. The normalized spacial score (nSPS) is 22.9. The molecule has 1 aliphatic carbocycles. The van der Waals surface area contributed by atoms with E-state index in [4.69, 9.17) is 4.99 Å². The number of aliphatic imine (C=N–C) groups is 1. The van der Waals surface area contributed by atoms with Crippen molar-refractivity contribution in [1.29, 1.82) is 0 Å². The fraction of sp³-hybridized carbons (Fsp3) is 0.789. The van der Waals surface area contributed by atoms with Gasteiger partial charge in [-0.3, -0.25) is 9.67 Å². The van der Waals surface area contributed by atoms with Crippen LogP contribution in [0.1, 0.15) is 57.6 Å². The van der Waals surface area contributed by atoms with E-state index in [2.05, 4.69) is 54.8 Å². The highest BCUT2D eigenvalue weighted by atomic mass is 15.3. The lowest BCUT2D eigenvalue weighted by Gasteiger charge is -2.30. The van der Waals surface area contributed by atoms with Crippen LogP contribution >= 0.6 is 0 Å². The van der Waals surface area contributed by atoms with E-state index in [-0.39, 0.29) is 6.04 Å². The first-order chi connectivity index (χ1) is 12.0. The molecule has 1 unspecified atom stereocenters. The number of nitrogens with zero attached hydrogens (tertiary/aromatic N) is 4. The zero-order valence-electron chi connectivity index (χ0n) is 16.6. The van der Waals surface area contributed by atoms with Gasteiger partial charge in [-0.25, -0.2) is 0 Å². The lowest BCUT2D eigenvalue weighted by Crippen LogP contribution is -2.45. The minimum absolute atomic E-state index is 0.236. The van der Waals surface area contributed by atoms with Crippen LogP contribution in [0.2, 0.25) is 0 Å². The molecule has 1 aliphatic rings. The van der Waals surface area contributed by atoms with Gasteiger partial charge in [-0.1, -0.05) is 13.3 Å². The molecule has 2 rings (SSSR count). The van der Waals surface area contributed by atoms with Crippen molar-refractivity contribution in [3.63, 3.8) is 0 Å². The maximum absolute atomic E-state index is 4.87. The van der Waals surface area contributed by atoms with E-state index in [9.17, 15) is 0 Å². The summed E-state index contributed by atoms with van der Waals surface area (Å²) in [5.74, 6) is 1.86. The third kappa shape index (κ3) is 6.03. The van der Waals surface area contributed by atoms with Gasteiger partial charge in [-0.2, -0.15) is 5.10 Å². The smallest absolute Gasteiger partial charge is 0.191 e. The second kappa shape index (κ2) is 9.80. The first-order valence-corrected chi connectivity index (χ1v) is 9.73. The third-order valence-electron chi connectivity index (χ3n) is 5.26. The van der Waals surface area contributed by atoms with Gasteiger partial charge in [0.25, 0.3) is 0 Å². The van der Waals surface area contributed by atoms with Crippen LogP contribution in [0.25, 0.3) is 0 Å². The number of rotatable bonds is 7. The number of aryl methyl sites for hydroxylation is 1. The molecule has 0 amide bonds. The average molecular weight is 349 g/mol. The molecule has 6 nitrogen and oxygen atoms in total. The van der Waals surface area contributed by atoms with Crippen molar-refractivity contribution in [2.24, 2.45) is 18.0 Å². The van der Waals surface area contributed by atoms with E-state index in [1.807, 2.05) is 17.9 Å². The quantitative estimate of drug-likeness (QED) is 0.587. The molecule has 1 saturated carbocycles. The summed E-state index contributed by atoms with van der Waals surface area (Å²) in [5.41, 5.74) is 1.20. The number of guanidine groups is 1. The van der Waals surface area contributed by atoms with E-state index < -0.39 is 0 Å². The van der Waals surface area contributed by atoms with Crippen molar-refractivity contribution in [3.05, 3.63) is 18.0 Å². The Labute approximate surface area is 153 Å². The van der Waals surface area contributed by atoms with Gasteiger partial charge < -0.3 is 15.5 Å². The maximum atomic E-state index is 4.87. The molecule has 2 N–H and O–H groups in total. The maximum Gasteiger partial charge on any atom is 0.191 e. The highest BCUT2D eigenvalue weighted by Crippen LogP contribution is 2.26. The van der Waals surface area contributed by atoms with Gasteiger partial charge in [0.15, 0.2) is 5.96 Å². The number of hydrogen-bond acceptors (Lipinski definition) is 3. The second-order valence-corrected chi connectivity index (χ2v) is 7.42. The largest absolute Gasteiger partial charge is 0.357 e. The predicted molar refractivity (Wildman–Crippen MR) is 105 cm³/mol. The van der Waals surface area contributed by atoms with E-state index >= 15 is 0 Å². The summed E-state index contributed by atoms with van der Waals surface area (Å²) in [4.78, 5) is 7.07. The van der Waals surface area contributed by atoms with Gasteiger partial charge in [0.1, 0.15) is 0 Å². The standard InChI is InChI=1S/C19H36N6/c1-6-15-8-10-17(11-9-15)23-19(20-7-2)21-13-18(24(3)4)16-12-22-25(5)14-16/h12,14-15,17-18H,6-11,13H2,1-5H3,(H2,20,21,23). The molecule has 1 aromatic heterocycles. The summed E-state index contributed by atoms with van der Waals surface area (Å²) < 4.78 is 1.85. The van der Waals surface area contributed by atoms with Gasteiger partial charge in [-0.05, 0) is 52.6 Å². The zero-order valence-corrected chi connectivity index (χ0v) is 16.6. The molecule has 142 valence electrons. The summed E-state index contributed by atoms with van der Waals surface area (Å²) in [6.07, 6.45) is 10.5. The van der Waals surface area contributed by atoms with Crippen molar-refractivity contribution in [2.75, 3.05) is 27.2 Å². The molecule has 1 fully saturated rings. The van der Waals surface area contributed by atoms with Gasteiger partial charge in [0.2, 0.25) is 0 Å². The van der Waals surface area contributed by atoms with Crippen molar-refractivity contribution in [2.45, 2.75) is 58.0 Å². The Morgan fingerprint density at radius 1 is 1.32 bits per heavy atom. The van der Waals surface area contributed by atoms with Crippen LogP contribution in [0.3, 0.4) is 0 Å². The highest BCUT2D eigenvalue weighted by Gasteiger charge is 2.21. The second-order valence-electron chi connectivity index (χ2n) is 7.42. The van der Waals surface area contributed by atoms with Crippen LogP contribution in [-0.2, 0) is 7.05 Å². The fourth-order valence-electron chi connectivity index (χ4n) is 3.59. The summed E-state index contributed by atoms with van der Waals surface area (Å²) in [6.45, 7) is 6.04. The van der Waals surface area contributed by atoms with Gasteiger partial charge >= 0.3 is 0 Å². The monoisotopic (exact) mass is 348 g/mol. The van der Waals surface area contributed by atoms with Crippen LogP contribution in [0.5, 0.6) is 0 Å². The Morgan fingerprint density at radius 2 is 2.04 bits per heavy atom. The molecule has 0 bridgehead atoms. The molecular weight excluding hydrogens is 312 g/mol. The topological polar surface area (TPSA) is 57.5 Å². The van der Waals surface area contributed by atoms with E-state index in [1.54, 1.807) is 0 Å². The van der Waals surface area contributed by atoms with Crippen LogP contribution in [0.15, 0.2) is 17.4 Å². The summed E-state index contributed by atoms with van der Waals surface area (Å²) in [6, 6.07) is 0.789. The number of aromatic nitrogens is 2. The molecule has 0 aliphatic heterocycles. The molecule has 1 heterocycles. The van der Waals surface area contributed by atoms with Crippen LogP contribution < -0.4 is 10.6 Å². The van der Waals surface area contributed by atoms with Crippen molar-refractivity contribution < 1.29 is 0 Å². The van der Waals surface area contributed by atoms with Gasteiger partial charge in [0.05, 0.1) is 18.8 Å². The Hall–Kier alpha value is -1.56. The van der Waals surface area contributed by atoms with Crippen LogP contribution in [0.4, 0.5) is 0 Å². The van der Waals surface area contributed by atoms with Crippen LogP contribution in [-0.4, -0.2) is 53.9 Å². The lowest BCUT2D eigenvalue weighted by molar-refractivity contribution is 0.300. The van der Waals surface area contributed by atoms with Gasteiger partial charge in [-0.15, -0.1) is 0 Å². The van der Waals surface area contributed by atoms with Gasteiger partial charge in [0, 0.05) is 31.4 Å². The minimum Gasteiger partial charge on any atom is -0.357 e. The number of likely N-dealkylation sites (N-methyl/N-ethyl adjacent to an activating group) is 1. The molecule has 1 atom stereocenters. The Kier molecular flexibility index (Phi) is 7.75. The molecule has 0 radical (unpaired) electrons. The third-order valence-corrected chi connectivity index (χ3v) is 5.26. The average Bonchev–Trinajstić information content (AvgIpc) is 3.01. The molecule has 0 saturated heterocycles. The first-order valence-electron chi connectivity index (χ1n) is 9.73. The molecular formula is C19H36N6. The summed E-state index contributed by atoms with van der Waals surface area (Å²) in [5, 5.41) is 11.4. The Balaban J connectivity index is 1.97. The Morgan fingerprint density at radius 3 is 2.56 bits per heavy atom. The van der Waals surface area contributed by atoms with E-state index in [1.165, 1.54) is 37.7 Å². The zero-order chi connectivity index (χ0) is 18.2. The SMILES string of the molecule is CCNC(=NCC(c1cnn(C)c1)N(C)C)NC1CCC(CC)CC1. The van der Waals surface area contributed by atoms with E-state index in [0.717, 1.165) is 25.0 Å². The van der Waals surface area contributed by atoms with Crippen molar-refractivity contribution >= 4 is 5.96 Å². The summed E-state index contributed by atoms with van der Waals surface area (Å²) >= 11 is 0. The number of nitrogens with one attached hydrogen (secondary N) is 2. The molecule has 1 aromatic rings. The van der Waals surface area contributed by atoms with Crippen molar-refractivity contribution in [1.82, 2.24) is 25.3 Å². The van der Waals surface area contributed by atoms with Crippen LogP contribution in [0, 0.1) is 5.92 Å². The first kappa shape index (κ1) is 19.8. The lowest BCUT2D eigenvalue weighted by atomic mass is 9.84. The fourth-order valence-corrected chi connectivity index (χ4v) is 3.59. The summed E-state index contributed by atoms with van der Waals surface area (Å²) in [7, 11) is 6.15. The molecule has 0 aromatic carbocycles. The number of hydrogen-bond donors (Lipinski definition) is 2. The molecule has 6 heteroatoms. The van der Waals surface area contributed by atoms with E-state index in [0.29, 0.717) is 6.04 Å². The highest BCUT2D eigenvalue weighted by molar-refractivity contribution is 5.80. The van der Waals surface area contributed by atoms with Crippen molar-refractivity contribution in [3.8, 4) is 0 Å². The minimum atomic E-state index is 0.236.